The number of ether oxygens (including phenoxy) is 1. The van der Waals surface area contributed by atoms with Crippen LogP contribution in [0.5, 0.6) is 5.75 Å². The van der Waals surface area contributed by atoms with Gasteiger partial charge in [0.25, 0.3) is 5.56 Å². The molecule has 12 nitrogen and oxygen atoms in total. The lowest BCUT2D eigenvalue weighted by atomic mass is 9.89. The minimum absolute atomic E-state index is 0.0373. The fourth-order valence-corrected chi connectivity index (χ4v) is 5.45. The van der Waals surface area contributed by atoms with E-state index < -0.39 is 21.5 Å². The number of aromatic nitrogens is 4. The zero-order valence-electron chi connectivity index (χ0n) is 20.6. The normalized spacial score (nSPS) is 12.4. The van der Waals surface area contributed by atoms with Crippen LogP contribution in [0.3, 0.4) is 0 Å². The molecule has 1 atom stereocenters. The lowest BCUT2D eigenvalue weighted by Gasteiger charge is -2.22. The van der Waals surface area contributed by atoms with Gasteiger partial charge in [0.05, 0.1) is 23.6 Å². The summed E-state index contributed by atoms with van der Waals surface area (Å²) in [4.78, 5) is 33.8. The number of aromatic amines is 2. The minimum atomic E-state index is -4.11. The zero-order valence-corrected chi connectivity index (χ0v) is 22.9. The second kappa shape index (κ2) is 10.3. The van der Waals surface area contributed by atoms with E-state index in [9.17, 15) is 18.0 Å². The molecule has 0 spiro atoms. The Morgan fingerprint density at radius 1 is 1.18 bits per heavy atom. The number of hydrogen-bond acceptors (Lipinski definition) is 8. The minimum Gasteiger partial charge on any atom is -0.495 e. The fraction of sp³-hybridized carbons (Fsp3) is 0.217. The SMILES string of the molecule is COc1ccc(C(c2nc3[nH]nc(N(C)C)c3c(=O)[nH]2)c2c(Cl)cc(S(N)(=O)=O)cc2Cl)cc1NC(C)=O. The summed E-state index contributed by atoms with van der Waals surface area (Å²) in [5.74, 6) is -0.366. The predicted molar refractivity (Wildman–Crippen MR) is 145 cm³/mol. The number of fused-ring (bicyclic) bond motifs is 1. The molecule has 0 saturated carbocycles. The number of H-pyrrole nitrogens is 2. The van der Waals surface area contributed by atoms with Crippen molar-refractivity contribution >= 4 is 61.7 Å². The highest BCUT2D eigenvalue weighted by molar-refractivity contribution is 7.89. The summed E-state index contributed by atoms with van der Waals surface area (Å²) in [7, 11) is 0.806. The Kier molecular flexibility index (Phi) is 7.39. The first-order chi connectivity index (χ1) is 17.8. The molecule has 2 aromatic carbocycles. The first-order valence-corrected chi connectivity index (χ1v) is 13.2. The number of nitrogens with zero attached hydrogens (tertiary/aromatic N) is 3. The highest BCUT2D eigenvalue weighted by Gasteiger charge is 2.29. The lowest BCUT2D eigenvalue weighted by molar-refractivity contribution is -0.114. The van der Waals surface area contributed by atoms with E-state index in [4.69, 9.17) is 33.1 Å². The predicted octanol–water partition coefficient (Wildman–Crippen LogP) is 2.81. The van der Waals surface area contributed by atoms with Crippen LogP contribution in [0.15, 0.2) is 40.0 Å². The molecular weight excluding hydrogens is 557 g/mol. The molecule has 0 bridgehead atoms. The molecule has 0 fully saturated rings. The van der Waals surface area contributed by atoms with Gasteiger partial charge in [-0.15, -0.1) is 0 Å². The van der Waals surface area contributed by atoms with E-state index in [-0.39, 0.29) is 43.3 Å². The molecule has 2 aromatic heterocycles. The van der Waals surface area contributed by atoms with E-state index in [1.54, 1.807) is 37.2 Å². The Bertz CT molecular complexity index is 1710. The number of anilines is 2. The van der Waals surface area contributed by atoms with Gasteiger partial charge in [0.15, 0.2) is 11.5 Å². The van der Waals surface area contributed by atoms with Crippen molar-refractivity contribution in [1.29, 1.82) is 0 Å². The lowest BCUT2D eigenvalue weighted by Crippen LogP contribution is -2.19. The molecule has 1 amide bonds. The fourth-order valence-electron chi connectivity index (χ4n) is 4.06. The van der Waals surface area contributed by atoms with Gasteiger partial charge in [-0.1, -0.05) is 29.3 Å². The number of methoxy groups -OCH3 is 1. The van der Waals surface area contributed by atoms with Crippen LogP contribution in [-0.2, 0) is 14.8 Å². The van der Waals surface area contributed by atoms with Crippen molar-refractivity contribution in [3.05, 3.63) is 67.7 Å². The van der Waals surface area contributed by atoms with E-state index >= 15 is 0 Å². The van der Waals surface area contributed by atoms with Crippen LogP contribution in [0, 0.1) is 0 Å². The Morgan fingerprint density at radius 3 is 2.39 bits per heavy atom. The third-order valence-corrected chi connectivity index (χ3v) is 7.18. The number of nitrogens with one attached hydrogen (secondary N) is 3. The number of carbonyl (C=O) groups excluding carboxylic acids is 1. The zero-order chi connectivity index (χ0) is 27.9. The van der Waals surface area contributed by atoms with E-state index in [1.165, 1.54) is 26.2 Å². The van der Waals surface area contributed by atoms with Gasteiger partial charge < -0.3 is 19.9 Å². The van der Waals surface area contributed by atoms with E-state index in [0.29, 0.717) is 22.8 Å². The number of benzene rings is 2. The van der Waals surface area contributed by atoms with Gasteiger partial charge in [0, 0.05) is 36.6 Å². The Hall–Kier alpha value is -3.65. The molecule has 4 rings (SSSR count). The molecule has 0 aliphatic heterocycles. The number of primary sulfonamides is 1. The maximum Gasteiger partial charge on any atom is 0.264 e. The second-order valence-corrected chi connectivity index (χ2v) is 10.9. The summed E-state index contributed by atoms with van der Waals surface area (Å²) in [6, 6.07) is 7.25. The average molecular weight is 580 g/mol. The second-order valence-electron chi connectivity index (χ2n) is 8.54. The van der Waals surface area contributed by atoms with Gasteiger partial charge in [-0.25, -0.2) is 18.5 Å². The van der Waals surface area contributed by atoms with Crippen molar-refractivity contribution in [2.24, 2.45) is 5.14 Å². The summed E-state index contributed by atoms with van der Waals surface area (Å²) in [6.07, 6.45) is 0. The maximum atomic E-state index is 13.2. The quantitative estimate of drug-likeness (QED) is 0.258. The molecule has 38 heavy (non-hydrogen) atoms. The van der Waals surface area contributed by atoms with Gasteiger partial charge in [-0.2, -0.15) is 5.10 Å². The summed E-state index contributed by atoms with van der Waals surface area (Å²) in [6.45, 7) is 1.34. The average Bonchev–Trinajstić information content (AvgIpc) is 3.25. The number of nitrogens with two attached hydrogens (primary N) is 1. The third kappa shape index (κ3) is 5.18. The Labute approximate surface area is 227 Å². The third-order valence-electron chi connectivity index (χ3n) is 5.66. The molecule has 0 aliphatic carbocycles. The summed E-state index contributed by atoms with van der Waals surface area (Å²) in [5.41, 5.74) is 0.819. The van der Waals surface area contributed by atoms with Crippen LogP contribution < -0.4 is 25.7 Å². The standard InChI is InChI=1S/C23H23Cl2N7O5S/c1-10(33)27-15-7-11(5-6-16(15)37-4)17(18-13(24)8-12(9-14(18)25)38(26,35)36)20-28-21-19(23(34)29-20)22(31-30-21)32(2)3/h5-9,17H,1-4H3,(H,27,33)(H2,26,35,36)(H2,28,29,30,31,34). The van der Waals surface area contributed by atoms with E-state index in [1.807, 2.05) is 0 Å². The molecule has 4 aromatic rings. The highest BCUT2D eigenvalue weighted by atomic mass is 35.5. The molecule has 15 heteroatoms. The first-order valence-electron chi connectivity index (χ1n) is 10.9. The molecule has 2 heterocycles. The molecule has 200 valence electrons. The first kappa shape index (κ1) is 27.4. The number of hydrogen-bond donors (Lipinski definition) is 4. The van der Waals surface area contributed by atoms with Crippen molar-refractivity contribution in [2.45, 2.75) is 17.7 Å². The number of carbonyl (C=O) groups is 1. The van der Waals surface area contributed by atoms with Crippen molar-refractivity contribution in [2.75, 3.05) is 31.4 Å². The molecule has 5 N–H and O–H groups in total. The number of halogens is 2. The van der Waals surface area contributed by atoms with Crippen LogP contribution in [0.25, 0.3) is 11.0 Å². The molecule has 1 unspecified atom stereocenters. The number of amides is 1. The summed E-state index contributed by atoms with van der Waals surface area (Å²) in [5, 5.41) is 15.1. The van der Waals surface area contributed by atoms with Crippen LogP contribution in [0.2, 0.25) is 10.0 Å². The monoisotopic (exact) mass is 579 g/mol. The molecule has 0 radical (unpaired) electrons. The van der Waals surface area contributed by atoms with Crippen molar-refractivity contribution in [3.63, 3.8) is 0 Å². The highest BCUT2D eigenvalue weighted by Crippen LogP contribution is 2.42. The van der Waals surface area contributed by atoms with Gasteiger partial charge >= 0.3 is 0 Å². The van der Waals surface area contributed by atoms with Gasteiger partial charge in [-0.05, 0) is 29.8 Å². The molecule has 0 aliphatic rings. The van der Waals surface area contributed by atoms with Gasteiger partial charge in [-0.3, -0.25) is 14.7 Å². The van der Waals surface area contributed by atoms with Crippen molar-refractivity contribution < 1.29 is 17.9 Å². The number of rotatable bonds is 7. The summed E-state index contributed by atoms with van der Waals surface area (Å²) < 4.78 is 29.3. The molecular formula is C23H23Cl2N7O5S. The maximum absolute atomic E-state index is 13.2. The van der Waals surface area contributed by atoms with Crippen molar-refractivity contribution in [1.82, 2.24) is 20.2 Å². The van der Waals surface area contributed by atoms with Crippen LogP contribution in [0.1, 0.15) is 29.8 Å². The largest absolute Gasteiger partial charge is 0.495 e. The molecule has 0 saturated heterocycles. The summed E-state index contributed by atoms with van der Waals surface area (Å²) >= 11 is 13.2. The topological polar surface area (TPSA) is 176 Å². The van der Waals surface area contributed by atoms with E-state index in [2.05, 4.69) is 25.5 Å². The van der Waals surface area contributed by atoms with Crippen LogP contribution in [0.4, 0.5) is 11.5 Å². The Morgan fingerprint density at radius 2 is 1.84 bits per heavy atom. The van der Waals surface area contributed by atoms with Crippen LogP contribution >= 0.6 is 23.2 Å². The Balaban J connectivity index is 2.04. The van der Waals surface area contributed by atoms with Crippen molar-refractivity contribution in [3.8, 4) is 5.75 Å². The van der Waals surface area contributed by atoms with E-state index in [0.717, 1.165) is 0 Å². The number of sulfonamides is 1. The smallest absolute Gasteiger partial charge is 0.264 e. The van der Waals surface area contributed by atoms with Gasteiger partial charge in [0.2, 0.25) is 15.9 Å². The van der Waals surface area contributed by atoms with Crippen LogP contribution in [-0.4, -0.2) is 55.7 Å². The van der Waals surface area contributed by atoms with Gasteiger partial charge in [0.1, 0.15) is 17.0 Å².